The summed E-state index contributed by atoms with van der Waals surface area (Å²) in [6.45, 7) is 2.64. The molecule has 1 aliphatic heterocycles. The lowest BCUT2D eigenvalue weighted by atomic mass is 9.98. The van der Waals surface area contributed by atoms with Crippen molar-refractivity contribution in [2.45, 2.75) is 0 Å². The Hall–Kier alpha value is -2.96. The fourth-order valence-electron chi connectivity index (χ4n) is 3.60. The third-order valence-electron chi connectivity index (χ3n) is 5.13. The number of aliphatic imine (C=N–C) groups is 1. The highest BCUT2D eigenvalue weighted by atomic mass is 35.5. The number of nitrogens with zero attached hydrogens (tertiary/aromatic N) is 1. The highest BCUT2D eigenvalue weighted by molar-refractivity contribution is 6.06. The Kier molecular flexibility index (Phi) is 7.60. The van der Waals surface area contributed by atoms with Crippen LogP contribution in [0, 0.1) is 0 Å². The Bertz CT molecular complexity index is 1080. The normalized spacial score (nSPS) is 12.7. The number of hydrogen-bond acceptors (Lipinski definition) is 6. The van der Waals surface area contributed by atoms with E-state index in [4.69, 9.17) is 18.9 Å². The minimum atomic E-state index is 0. The molecule has 0 spiro atoms. The Morgan fingerprint density at radius 2 is 1.71 bits per heavy atom. The van der Waals surface area contributed by atoms with E-state index in [9.17, 15) is 0 Å². The summed E-state index contributed by atoms with van der Waals surface area (Å²) in [5.41, 5.74) is 3.05. The molecule has 0 aromatic heterocycles. The molecule has 1 N–H and O–H groups in total. The maximum absolute atomic E-state index is 6.00. The lowest BCUT2D eigenvalue weighted by Gasteiger charge is -2.15. The zero-order valence-corrected chi connectivity index (χ0v) is 18.8. The van der Waals surface area contributed by atoms with Crippen LogP contribution in [-0.2, 0) is 4.74 Å². The van der Waals surface area contributed by atoms with Crippen LogP contribution < -0.4 is 19.5 Å². The van der Waals surface area contributed by atoms with Crippen molar-refractivity contribution in [2.24, 2.45) is 4.99 Å². The molecule has 0 saturated heterocycles. The molecule has 0 saturated carbocycles. The van der Waals surface area contributed by atoms with Crippen LogP contribution in [0.2, 0.25) is 0 Å². The molecule has 3 aromatic rings. The second kappa shape index (κ2) is 10.4. The Morgan fingerprint density at radius 3 is 2.42 bits per heavy atom. The average molecular weight is 443 g/mol. The van der Waals surface area contributed by atoms with Gasteiger partial charge >= 0.3 is 0 Å². The molecule has 1 heterocycles. The number of amidine groups is 1. The second-order valence-electron chi connectivity index (χ2n) is 6.97. The fourth-order valence-corrected chi connectivity index (χ4v) is 3.60. The van der Waals surface area contributed by atoms with Crippen LogP contribution in [0.5, 0.6) is 17.2 Å². The second-order valence-corrected chi connectivity index (χ2v) is 6.97. The zero-order valence-electron chi connectivity index (χ0n) is 17.9. The molecule has 1 aliphatic rings. The molecule has 0 aliphatic carbocycles. The number of benzene rings is 3. The van der Waals surface area contributed by atoms with Crippen LogP contribution in [0.25, 0.3) is 21.9 Å². The van der Waals surface area contributed by atoms with Gasteiger partial charge in [-0.3, -0.25) is 4.99 Å². The average Bonchev–Trinajstić information content (AvgIpc) is 3.32. The fraction of sp³-hybridized carbons (Fsp3) is 0.292. The molecule has 0 atom stereocenters. The predicted octanol–water partition coefficient (Wildman–Crippen LogP) is 4.32. The Labute approximate surface area is 188 Å². The van der Waals surface area contributed by atoms with Gasteiger partial charge in [0, 0.05) is 25.3 Å². The smallest absolute Gasteiger partial charge is 0.132 e. The Balaban J connectivity index is 0.00000272. The lowest BCUT2D eigenvalue weighted by Crippen LogP contribution is -2.20. The molecule has 0 unspecified atom stereocenters. The summed E-state index contributed by atoms with van der Waals surface area (Å²) in [4.78, 5) is 4.59. The van der Waals surface area contributed by atoms with E-state index >= 15 is 0 Å². The van der Waals surface area contributed by atoms with Gasteiger partial charge in [-0.05, 0) is 46.7 Å². The standard InChI is InChI=1S/C24H26N2O4.ClH/c1-27-10-11-30-23-14-16-4-5-17(20-7-6-19(28-2)15-22(20)29-3)12-18(16)13-21(23)24-25-8-9-26-24;/h4-7,12-15H,8-11H2,1-3H3,(H,25,26);1H. The number of rotatable bonds is 8. The molecule has 7 heteroatoms. The van der Waals surface area contributed by atoms with Crippen molar-refractivity contribution in [1.82, 2.24) is 5.32 Å². The zero-order chi connectivity index (χ0) is 20.9. The quantitative estimate of drug-likeness (QED) is 0.526. The van der Waals surface area contributed by atoms with Gasteiger partial charge in [-0.1, -0.05) is 12.1 Å². The van der Waals surface area contributed by atoms with Crippen LogP contribution in [0.15, 0.2) is 53.5 Å². The van der Waals surface area contributed by atoms with Gasteiger partial charge in [-0.25, -0.2) is 0 Å². The summed E-state index contributed by atoms with van der Waals surface area (Å²) < 4.78 is 22.0. The number of halogens is 1. The number of fused-ring (bicyclic) bond motifs is 1. The van der Waals surface area contributed by atoms with Crippen LogP contribution >= 0.6 is 12.4 Å². The van der Waals surface area contributed by atoms with Gasteiger partial charge < -0.3 is 24.3 Å². The summed E-state index contributed by atoms with van der Waals surface area (Å²) in [6.07, 6.45) is 0. The first-order chi connectivity index (χ1) is 14.7. The van der Waals surface area contributed by atoms with Gasteiger partial charge in [0.15, 0.2) is 0 Å². The van der Waals surface area contributed by atoms with E-state index in [-0.39, 0.29) is 12.4 Å². The predicted molar refractivity (Wildman–Crippen MR) is 127 cm³/mol. The van der Waals surface area contributed by atoms with E-state index in [1.165, 1.54) is 0 Å². The minimum absolute atomic E-state index is 0. The van der Waals surface area contributed by atoms with Gasteiger partial charge in [0.25, 0.3) is 0 Å². The van der Waals surface area contributed by atoms with Crippen molar-refractivity contribution in [2.75, 3.05) is 47.6 Å². The summed E-state index contributed by atoms with van der Waals surface area (Å²) in [7, 11) is 4.99. The van der Waals surface area contributed by atoms with Gasteiger partial charge in [-0.15, -0.1) is 12.4 Å². The largest absolute Gasteiger partial charge is 0.497 e. The van der Waals surface area contributed by atoms with Crippen LogP contribution in [0.1, 0.15) is 5.56 Å². The first kappa shape index (κ1) is 22.7. The summed E-state index contributed by atoms with van der Waals surface area (Å²) in [5.74, 6) is 3.22. The molecular weight excluding hydrogens is 416 g/mol. The molecule has 0 fully saturated rings. The van der Waals surface area contributed by atoms with E-state index in [2.05, 4.69) is 40.6 Å². The molecule has 164 valence electrons. The summed E-state index contributed by atoms with van der Waals surface area (Å²) in [5, 5.41) is 5.56. The molecule has 4 rings (SSSR count). The molecule has 0 bridgehead atoms. The van der Waals surface area contributed by atoms with Crippen molar-refractivity contribution in [3.8, 4) is 28.4 Å². The number of ether oxygens (including phenoxy) is 4. The van der Waals surface area contributed by atoms with E-state index in [0.29, 0.717) is 13.2 Å². The first-order valence-corrected chi connectivity index (χ1v) is 9.94. The van der Waals surface area contributed by atoms with Gasteiger partial charge in [-0.2, -0.15) is 0 Å². The van der Waals surface area contributed by atoms with Gasteiger partial charge in [0.1, 0.15) is 29.7 Å². The number of nitrogens with one attached hydrogen (secondary N) is 1. The molecule has 31 heavy (non-hydrogen) atoms. The minimum Gasteiger partial charge on any atom is -0.497 e. The maximum atomic E-state index is 6.00. The first-order valence-electron chi connectivity index (χ1n) is 9.94. The number of hydrogen-bond donors (Lipinski definition) is 1. The Morgan fingerprint density at radius 1 is 0.839 bits per heavy atom. The van der Waals surface area contributed by atoms with Crippen LogP contribution in [0.3, 0.4) is 0 Å². The monoisotopic (exact) mass is 442 g/mol. The molecule has 0 radical (unpaired) electrons. The molecule has 0 amide bonds. The molecule has 3 aromatic carbocycles. The van der Waals surface area contributed by atoms with E-state index in [0.717, 1.165) is 63.6 Å². The van der Waals surface area contributed by atoms with Gasteiger partial charge in [0.05, 0.1) is 32.9 Å². The molecule has 6 nitrogen and oxygen atoms in total. The third-order valence-corrected chi connectivity index (χ3v) is 5.13. The SMILES string of the molecule is COCCOc1cc2ccc(-c3ccc(OC)cc3OC)cc2cc1C1=NCCN1.Cl. The topological polar surface area (TPSA) is 61.3 Å². The van der Waals surface area contributed by atoms with E-state index in [1.54, 1.807) is 21.3 Å². The van der Waals surface area contributed by atoms with Crippen LogP contribution in [-0.4, -0.2) is 53.5 Å². The highest BCUT2D eigenvalue weighted by Crippen LogP contribution is 2.36. The van der Waals surface area contributed by atoms with Crippen molar-refractivity contribution in [1.29, 1.82) is 0 Å². The van der Waals surface area contributed by atoms with Crippen molar-refractivity contribution in [3.63, 3.8) is 0 Å². The third kappa shape index (κ3) is 4.86. The molecular formula is C24H27ClN2O4. The van der Waals surface area contributed by atoms with E-state index < -0.39 is 0 Å². The summed E-state index contributed by atoms with van der Waals surface area (Å²) >= 11 is 0. The van der Waals surface area contributed by atoms with Gasteiger partial charge in [0.2, 0.25) is 0 Å². The van der Waals surface area contributed by atoms with Crippen molar-refractivity contribution < 1.29 is 18.9 Å². The highest BCUT2D eigenvalue weighted by Gasteiger charge is 2.16. The maximum Gasteiger partial charge on any atom is 0.132 e. The summed E-state index contributed by atoms with van der Waals surface area (Å²) in [6, 6.07) is 16.4. The van der Waals surface area contributed by atoms with Crippen molar-refractivity contribution in [3.05, 3.63) is 54.1 Å². The van der Waals surface area contributed by atoms with Crippen molar-refractivity contribution >= 4 is 29.0 Å². The van der Waals surface area contributed by atoms with Crippen LogP contribution in [0.4, 0.5) is 0 Å². The number of methoxy groups -OCH3 is 3. The van der Waals surface area contributed by atoms with E-state index in [1.807, 2.05) is 18.2 Å². The lowest BCUT2D eigenvalue weighted by molar-refractivity contribution is 0.146.